The van der Waals surface area contributed by atoms with Gasteiger partial charge in [-0.25, -0.2) is 0 Å². The van der Waals surface area contributed by atoms with Gasteiger partial charge < -0.3 is 33.2 Å². The lowest BCUT2D eigenvalue weighted by Gasteiger charge is -2.70. The van der Waals surface area contributed by atoms with Crippen molar-refractivity contribution in [2.24, 2.45) is 92.2 Å². The predicted molar refractivity (Wildman–Crippen MR) is 247 cm³/mol. The van der Waals surface area contributed by atoms with E-state index in [0.29, 0.717) is 47.3 Å². The van der Waals surface area contributed by atoms with E-state index < -0.39 is 12.4 Å². The van der Waals surface area contributed by atoms with Crippen molar-refractivity contribution in [3.8, 4) is 0 Å². The summed E-state index contributed by atoms with van der Waals surface area (Å²) in [6.45, 7) is 38.2. The fourth-order valence-electron chi connectivity index (χ4n) is 16.2. The first-order chi connectivity index (χ1) is 29.1. The van der Waals surface area contributed by atoms with Crippen molar-refractivity contribution in [3.05, 3.63) is 11.6 Å². The first kappa shape index (κ1) is 47.7. The molecule has 3 aliphatic heterocycles. The first-order valence-electron chi connectivity index (χ1n) is 26.2. The maximum Gasteiger partial charge on any atom is 0.187 e. The number of carbonyl (C=O) groups is 1. The molecule has 0 bridgehead atoms. The summed E-state index contributed by atoms with van der Waals surface area (Å²) in [6.07, 6.45) is 14.6. The molecule has 8 rings (SSSR count). The molecule has 0 aromatic rings. The molecule has 354 valence electrons. The van der Waals surface area contributed by atoms with Crippen LogP contribution >= 0.6 is 0 Å². The molecule has 0 N–H and O–H groups in total. The summed E-state index contributed by atoms with van der Waals surface area (Å²) in [5.74, 6) is 4.33. The number of carbonyl (C=O) groups excluding carboxylic acids is 1. The summed E-state index contributed by atoms with van der Waals surface area (Å²) in [7, 11) is 0. The number of ether oxygens (including phenoxy) is 6. The highest BCUT2D eigenvalue weighted by atomic mass is 16.8. The fourth-order valence-corrected chi connectivity index (χ4v) is 16.2. The van der Waals surface area contributed by atoms with E-state index in [1.165, 1.54) is 19.1 Å². The average Bonchev–Trinajstić information content (AvgIpc) is 3.23. The van der Waals surface area contributed by atoms with Crippen LogP contribution in [-0.4, -0.2) is 61.8 Å². The largest absolute Gasteiger partial charge is 0.349 e. The normalized spacial score (nSPS) is 56.4. The standard InChI is InChI=1S/C55H92O7/c1-17-43-33(5)31(3)35(7)49(59-43)62-47-46(61-48-34(6)30(2)32(4)38(10)57-48)36(8)39(11)58-50(47)60-44-21-22-52(14)40(37(44)9)20-23-54(16)45(52)19-18-41-42-28-51(12,13)24-26-55(42,29-56)27-25-53(41,54)15/h18,29-40,42-50H,17,19-28H2,1-16H3/t30?,31-,32+,33+,34?,35?,36+,37?,38-,39?,40-,42?,43?,44-,45?,46-,47?,48+,49-,50-,52?,53+,54-,55+/m0/s1. The van der Waals surface area contributed by atoms with Crippen LogP contribution in [0.15, 0.2) is 11.6 Å². The summed E-state index contributed by atoms with van der Waals surface area (Å²) in [4.78, 5) is 13.0. The Bertz CT molecular complexity index is 1640. The van der Waals surface area contributed by atoms with Gasteiger partial charge in [0.15, 0.2) is 18.9 Å². The van der Waals surface area contributed by atoms with Gasteiger partial charge in [-0.1, -0.05) is 109 Å². The third kappa shape index (κ3) is 7.52. The van der Waals surface area contributed by atoms with E-state index in [2.05, 4.69) is 117 Å². The van der Waals surface area contributed by atoms with E-state index in [0.717, 1.165) is 57.8 Å². The maximum absolute atomic E-state index is 13.0. The third-order valence-electron chi connectivity index (χ3n) is 22.1. The van der Waals surface area contributed by atoms with Gasteiger partial charge in [-0.15, -0.1) is 0 Å². The minimum Gasteiger partial charge on any atom is -0.349 e. The molecule has 7 nitrogen and oxygen atoms in total. The molecule has 10 unspecified atom stereocenters. The van der Waals surface area contributed by atoms with Crippen LogP contribution in [-0.2, 0) is 33.2 Å². The number of hydrogen-bond acceptors (Lipinski definition) is 7. The van der Waals surface area contributed by atoms with Crippen LogP contribution in [0.5, 0.6) is 0 Å². The Morgan fingerprint density at radius 3 is 1.92 bits per heavy atom. The van der Waals surface area contributed by atoms with Gasteiger partial charge in [-0.3, -0.25) is 0 Å². The smallest absolute Gasteiger partial charge is 0.187 e. The van der Waals surface area contributed by atoms with Crippen molar-refractivity contribution in [2.45, 2.75) is 237 Å². The highest BCUT2D eigenvalue weighted by molar-refractivity contribution is 5.63. The van der Waals surface area contributed by atoms with E-state index >= 15 is 0 Å². The number of hydrogen-bond donors (Lipinski definition) is 0. The van der Waals surface area contributed by atoms with Crippen LogP contribution < -0.4 is 0 Å². The summed E-state index contributed by atoms with van der Waals surface area (Å²) in [6, 6.07) is 0. The molecule has 8 aliphatic rings. The van der Waals surface area contributed by atoms with Crippen LogP contribution in [0.2, 0.25) is 0 Å². The van der Waals surface area contributed by atoms with E-state index in [-0.39, 0.29) is 87.9 Å². The Hall–Kier alpha value is -0.830. The summed E-state index contributed by atoms with van der Waals surface area (Å²) in [5.41, 5.74) is 2.33. The highest BCUT2D eigenvalue weighted by Gasteiger charge is 2.67. The van der Waals surface area contributed by atoms with Gasteiger partial charge in [-0.2, -0.15) is 0 Å². The van der Waals surface area contributed by atoms with Gasteiger partial charge in [0, 0.05) is 23.2 Å². The molecular weight excluding hydrogens is 773 g/mol. The van der Waals surface area contributed by atoms with Crippen LogP contribution in [0, 0.1) is 92.2 Å². The van der Waals surface area contributed by atoms with Gasteiger partial charge >= 0.3 is 0 Å². The van der Waals surface area contributed by atoms with E-state index in [4.69, 9.17) is 28.4 Å². The second kappa shape index (κ2) is 17.0. The van der Waals surface area contributed by atoms with E-state index in [1.807, 2.05) is 0 Å². The Morgan fingerprint density at radius 1 is 0.629 bits per heavy atom. The fraction of sp³-hybridized carbons (Fsp3) is 0.945. The molecule has 24 atom stereocenters. The lowest BCUT2D eigenvalue weighted by Crippen LogP contribution is -2.64. The van der Waals surface area contributed by atoms with Crippen molar-refractivity contribution < 1.29 is 33.2 Å². The zero-order chi connectivity index (χ0) is 45.1. The zero-order valence-electron chi connectivity index (χ0n) is 42.3. The number of rotatable bonds is 8. The monoisotopic (exact) mass is 865 g/mol. The number of aldehydes is 1. The Balaban J connectivity index is 1.06. The van der Waals surface area contributed by atoms with Crippen molar-refractivity contribution in [2.75, 3.05) is 0 Å². The molecule has 3 saturated heterocycles. The molecule has 0 radical (unpaired) electrons. The molecule has 0 amide bonds. The van der Waals surface area contributed by atoms with Crippen LogP contribution in [0.25, 0.3) is 0 Å². The molecule has 0 spiro atoms. The van der Waals surface area contributed by atoms with Crippen molar-refractivity contribution >= 4 is 6.29 Å². The minimum absolute atomic E-state index is 0.0604. The Kier molecular flexibility index (Phi) is 13.1. The van der Waals surface area contributed by atoms with Crippen molar-refractivity contribution in [1.82, 2.24) is 0 Å². The Morgan fingerprint density at radius 2 is 1.24 bits per heavy atom. The lowest BCUT2D eigenvalue weighted by atomic mass is 9.34. The third-order valence-corrected chi connectivity index (χ3v) is 22.1. The van der Waals surface area contributed by atoms with Crippen LogP contribution in [0.3, 0.4) is 0 Å². The predicted octanol–water partition coefficient (Wildman–Crippen LogP) is 12.8. The second-order valence-corrected chi connectivity index (χ2v) is 25.3. The zero-order valence-corrected chi connectivity index (χ0v) is 42.3. The SMILES string of the molecule is CCC1O[C@@H](OC2[C@H](O[C@H]3CCC4(C)C5CC=C6C7CC(C)(C)CC[C@]7(C=O)CC[C@@]6(C)[C@@]5(C)CC[C@H]4C3C)OC(C)[C@@H](C)[C@@H]2O[C@H]2O[C@@H](C)[C@H](C)C(C)C2C)C(C)[C@@H](C)[C@H]1C. The molecule has 4 saturated carbocycles. The molecule has 3 heterocycles. The van der Waals surface area contributed by atoms with Gasteiger partial charge in [0.25, 0.3) is 0 Å². The maximum atomic E-state index is 13.0. The molecule has 7 heteroatoms. The molecular formula is C55H92O7. The van der Waals surface area contributed by atoms with Gasteiger partial charge in [-0.05, 0) is 153 Å². The summed E-state index contributed by atoms with van der Waals surface area (Å²) in [5, 5.41) is 0. The van der Waals surface area contributed by atoms with Gasteiger partial charge in [0.05, 0.1) is 30.5 Å². The van der Waals surface area contributed by atoms with Crippen molar-refractivity contribution in [1.29, 1.82) is 0 Å². The quantitative estimate of drug-likeness (QED) is 0.137. The average molecular weight is 865 g/mol. The summed E-state index contributed by atoms with van der Waals surface area (Å²) < 4.78 is 42.6. The van der Waals surface area contributed by atoms with Gasteiger partial charge in [0.1, 0.15) is 12.4 Å². The van der Waals surface area contributed by atoms with E-state index in [1.54, 1.807) is 5.57 Å². The molecule has 7 fully saturated rings. The summed E-state index contributed by atoms with van der Waals surface area (Å²) >= 11 is 0. The highest BCUT2D eigenvalue weighted by Crippen LogP contribution is 2.74. The van der Waals surface area contributed by atoms with Gasteiger partial charge in [0.2, 0.25) is 0 Å². The first-order valence-corrected chi connectivity index (χ1v) is 26.2. The Labute approximate surface area is 379 Å². The number of fused-ring (bicyclic) bond motifs is 7. The van der Waals surface area contributed by atoms with E-state index in [9.17, 15) is 4.79 Å². The molecule has 0 aromatic carbocycles. The van der Waals surface area contributed by atoms with Crippen molar-refractivity contribution in [3.63, 3.8) is 0 Å². The molecule has 5 aliphatic carbocycles. The topological polar surface area (TPSA) is 72.5 Å². The molecule has 0 aromatic heterocycles. The second-order valence-electron chi connectivity index (χ2n) is 25.3. The minimum atomic E-state index is -0.575. The van der Waals surface area contributed by atoms with Crippen LogP contribution in [0.1, 0.15) is 181 Å². The van der Waals surface area contributed by atoms with Crippen LogP contribution in [0.4, 0.5) is 0 Å². The molecule has 62 heavy (non-hydrogen) atoms. The lowest BCUT2D eigenvalue weighted by molar-refractivity contribution is -0.376. The number of allylic oxidation sites excluding steroid dienone is 2.